The van der Waals surface area contributed by atoms with E-state index in [4.69, 9.17) is 0 Å². The van der Waals surface area contributed by atoms with E-state index in [-0.39, 0.29) is 35.9 Å². The van der Waals surface area contributed by atoms with Crippen LogP contribution in [0, 0.1) is 40.9 Å². The fourth-order valence-corrected chi connectivity index (χ4v) is 8.22. The Balaban J connectivity index is 1.30. The summed E-state index contributed by atoms with van der Waals surface area (Å²) in [6, 6.07) is 0. The molecule has 4 aliphatic rings. The highest BCUT2D eigenvalue weighted by atomic mass is 19.3. The zero-order valence-electron chi connectivity index (χ0n) is 17.7. The summed E-state index contributed by atoms with van der Waals surface area (Å²) in [6.45, 7) is 2.63. The van der Waals surface area contributed by atoms with Crippen LogP contribution in [-0.4, -0.2) is 27.6 Å². The molecule has 5 nitrogen and oxygen atoms in total. The molecule has 0 amide bonds. The zero-order chi connectivity index (χ0) is 21.1. The van der Waals surface area contributed by atoms with E-state index in [0.29, 0.717) is 30.2 Å². The van der Waals surface area contributed by atoms with E-state index < -0.39 is 12.0 Å². The number of nitrogens with zero attached hydrogens (tertiary/aromatic N) is 3. The van der Waals surface area contributed by atoms with Gasteiger partial charge in [0, 0.05) is 5.92 Å². The Kier molecular flexibility index (Phi) is 4.92. The highest BCUT2D eigenvalue weighted by molar-refractivity contribution is 5.81. The molecule has 7 heteroatoms. The molecular formula is C23H33F2N3O2+2. The molecule has 0 spiro atoms. The van der Waals surface area contributed by atoms with Crippen molar-refractivity contribution in [3.63, 3.8) is 0 Å². The van der Waals surface area contributed by atoms with Crippen molar-refractivity contribution in [2.45, 2.75) is 83.3 Å². The third kappa shape index (κ3) is 3.09. The maximum absolute atomic E-state index is 13.4. The molecule has 1 aromatic heterocycles. The Morgan fingerprint density at radius 3 is 2.67 bits per heavy atom. The first-order valence-electron chi connectivity index (χ1n) is 11.7. The summed E-state index contributed by atoms with van der Waals surface area (Å²) in [5.74, 6) is 2.79. The number of hydrogen-bond acceptors (Lipinski definition) is 2. The summed E-state index contributed by atoms with van der Waals surface area (Å²) >= 11 is 0. The van der Waals surface area contributed by atoms with Crippen LogP contribution in [0.15, 0.2) is 12.4 Å². The average Bonchev–Trinajstić information content (AvgIpc) is 3.34. The van der Waals surface area contributed by atoms with Crippen molar-refractivity contribution >= 4 is 5.78 Å². The van der Waals surface area contributed by atoms with E-state index in [1.807, 2.05) is 0 Å². The Morgan fingerprint density at radius 1 is 1.13 bits per heavy atom. The second-order valence-corrected chi connectivity index (χ2v) is 10.8. The third-order valence-corrected chi connectivity index (χ3v) is 9.63. The molecule has 0 aliphatic heterocycles. The molecule has 5 rings (SSSR count). The van der Waals surface area contributed by atoms with Crippen LogP contribution in [0.3, 0.4) is 0 Å². The molecule has 1 heterocycles. The van der Waals surface area contributed by atoms with Crippen LogP contribution in [0.5, 0.6) is 0 Å². The second kappa shape index (κ2) is 7.25. The predicted octanol–water partition coefficient (Wildman–Crippen LogP) is 2.52. The lowest BCUT2D eigenvalue weighted by atomic mass is 9.49. The van der Waals surface area contributed by atoms with Gasteiger partial charge in [-0.05, 0) is 92.8 Å². The molecular weight excluding hydrogens is 388 g/mol. The van der Waals surface area contributed by atoms with Crippen molar-refractivity contribution in [2.75, 3.05) is 0 Å². The maximum Gasteiger partial charge on any atom is 0.471 e. The van der Waals surface area contributed by atoms with Gasteiger partial charge in [-0.25, -0.2) is 8.78 Å². The summed E-state index contributed by atoms with van der Waals surface area (Å²) in [4.78, 5) is 13.1. The fourth-order valence-electron chi connectivity index (χ4n) is 8.22. The minimum Gasteiger partial charge on any atom is -0.384 e. The molecule has 1 aromatic rings. The largest absolute Gasteiger partial charge is 0.471 e. The number of aromatic nitrogens is 3. The molecule has 4 aliphatic carbocycles. The number of hydrogen-bond donors (Lipinski definition) is 1. The molecule has 3 unspecified atom stereocenters. The third-order valence-electron chi connectivity index (χ3n) is 9.63. The average molecular weight is 422 g/mol. The molecule has 164 valence electrons. The quantitative estimate of drug-likeness (QED) is 0.811. The number of rotatable bonds is 4. The van der Waals surface area contributed by atoms with Gasteiger partial charge in [-0.2, -0.15) is 0 Å². The molecule has 0 aromatic carbocycles. The minimum atomic E-state index is -2.64. The fraction of sp³-hybridized carbons (Fsp3) is 0.870. The van der Waals surface area contributed by atoms with Crippen molar-refractivity contribution < 1.29 is 29.0 Å². The van der Waals surface area contributed by atoms with E-state index in [1.54, 1.807) is 17.1 Å². The van der Waals surface area contributed by atoms with Gasteiger partial charge in [-0.3, -0.25) is 4.79 Å². The van der Waals surface area contributed by atoms with Crippen LogP contribution in [0.25, 0.3) is 0 Å². The number of carbonyl (C=O) groups is 1. The monoisotopic (exact) mass is 421 g/mol. The number of alkyl halides is 2. The zero-order valence-corrected chi connectivity index (χ0v) is 17.7. The van der Waals surface area contributed by atoms with E-state index in [2.05, 4.69) is 17.2 Å². The first-order chi connectivity index (χ1) is 14.3. The van der Waals surface area contributed by atoms with Crippen LogP contribution >= 0.6 is 0 Å². The van der Waals surface area contributed by atoms with Gasteiger partial charge in [0.15, 0.2) is 10.9 Å². The summed E-state index contributed by atoms with van der Waals surface area (Å²) in [5.41, 5.74) is -1.73. The van der Waals surface area contributed by atoms with E-state index in [0.717, 1.165) is 44.9 Å². The Morgan fingerprint density at radius 2 is 1.93 bits per heavy atom. The van der Waals surface area contributed by atoms with Crippen LogP contribution < -0.4 is 10.3 Å². The van der Waals surface area contributed by atoms with Gasteiger partial charge in [0.1, 0.15) is 10.3 Å². The maximum atomic E-state index is 13.4. The van der Waals surface area contributed by atoms with Gasteiger partial charge in [-0.15, -0.1) is 0 Å². The van der Waals surface area contributed by atoms with Gasteiger partial charge in [-0.1, -0.05) is 6.92 Å². The number of ketones is 1. The van der Waals surface area contributed by atoms with Crippen molar-refractivity contribution in [1.29, 1.82) is 0 Å². The van der Waals surface area contributed by atoms with Gasteiger partial charge in [0.2, 0.25) is 12.7 Å². The Bertz CT molecular complexity index is 787. The van der Waals surface area contributed by atoms with E-state index in [9.17, 15) is 18.7 Å². The summed E-state index contributed by atoms with van der Waals surface area (Å²) in [7, 11) is 0. The summed E-state index contributed by atoms with van der Waals surface area (Å²) < 4.78 is 28.4. The van der Waals surface area contributed by atoms with E-state index in [1.165, 1.54) is 0 Å². The second-order valence-electron chi connectivity index (χ2n) is 10.8. The van der Waals surface area contributed by atoms with Gasteiger partial charge in [0.25, 0.3) is 6.43 Å². The number of Topliss-reactive ketones (excluding diaryl/α,β-unsaturated/α-hetero) is 1. The highest BCUT2D eigenvalue weighted by Gasteiger charge is 2.59. The standard InChI is InChI=1S/C23H33F2N3O2/c1-22-8-6-16-15-7-9-23(30,21(24)25)12-14(15)2-3-17(16)18(22)4-5-19(22)20(29)13-28-11-10-26-27-28/h10-11,14-19,21,30H,2-9,12-13H2,1H3/q+2/t14-,15+,16?,17?,18?,19-,22+,23-/m1/s1. The first kappa shape index (κ1) is 20.4. The number of halogens is 2. The molecule has 1 N–H and O–H groups in total. The lowest BCUT2D eigenvalue weighted by Gasteiger charge is -2.57. The molecule has 0 bridgehead atoms. The van der Waals surface area contributed by atoms with Crippen molar-refractivity contribution in [3.8, 4) is 0 Å². The summed E-state index contributed by atoms with van der Waals surface area (Å²) in [5, 5.41) is 18.1. The van der Waals surface area contributed by atoms with Gasteiger partial charge in [0.05, 0.1) is 0 Å². The van der Waals surface area contributed by atoms with Gasteiger partial charge < -0.3 is 5.11 Å². The van der Waals surface area contributed by atoms with Crippen molar-refractivity contribution in [3.05, 3.63) is 12.4 Å². The number of carbonyl (C=O) groups excluding carboxylic acids is 1. The van der Waals surface area contributed by atoms with E-state index >= 15 is 0 Å². The van der Waals surface area contributed by atoms with Crippen LogP contribution in [0.4, 0.5) is 8.78 Å². The number of fused-ring (bicyclic) bond motifs is 5. The normalized spacial score (nSPS) is 45.4. The van der Waals surface area contributed by atoms with Crippen molar-refractivity contribution in [1.82, 2.24) is 4.68 Å². The lowest BCUT2D eigenvalue weighted by Crippen LogP contribution is -2.53. The molecule has 4 fully saturated rings. The van der Waals surface area contributed by atoms with Crippen LogP contribution in [-0.2, 0) is 11.3 Å². The summed E-state index contributed by atoms with van der Waals surface area (Å²) in [6.07, 6.45) is 8.15. The smallest absolute Gasteiger partial charge is 0.384 e. The highest BCUT2D eigenvalue weighted by Crippen LogP contribution is 2.64. The first-order valence-corrected chi connectivity index (χ1v) is 11.7. The predicted molar refractivity (Wildman–Crippen MR) is 102 cm³/mol. The SMILES string of the molecule is C[C@]12CCC3C(CC[C@@H]4C[C@@](O)(C(F)F)CC[C@H]34)C1CC[C@@H]2C(=O)Cn1cc[n+]#[n+]1. The molecule has 8 atom stereocenters. The van der Waals surface area contributed by atoms with Crippen LogP contribution in [0.1, 0.15) is 64.7 Å². The molecule has 0 saturated heterocycles. The lowest BCUT2D eigenvalue weighted by molar-refractivity contribution is -0.786. The molecule has 30 heavy (non-hydrogen) atoms. The van der Waals surface area contributed by atoms with Crippen LogP contribution in [0.2, 0.25) is 0 Å². The van der Waals surface area contributed by atoms with Gasteiger partial charge >= 0.3 is 11.4 Å². The molecule has 4 saturated carbocycles. The molecule has 0 radical (unpaired) electrons. The minimum absolute atomic E-state index is 0.0457. The Hall–Kier alpha value is -1.55. The topological polar surface area (TPSA) is 70.4 Å². The Labute approximate surface area is 176 Å². The van der Waals surface area contributed by atoms with Crippen molar-refractivity contribution in [2.24, 2.45) is 40.9 Å². The number of aliphatic hydroxyl groups is 1.